The Bertz CT molecular complexity index is 452. The first-order valence-corrected chi connectivity index (χ1v) is 6.87. The van der Waals surface area contributed by atoms with E-state index in [9.17, 15) is 0 Å². The number of hydrogen-bond acceptors (Lipinski definition) is 1. The van der Waals surface area contributed by atoms with Gasteiger partial charge in [-0.05, 0) is 50.7 Å². The zero-order valence-corrected chi connectivity index (χ0v) is 11.8. The van der Waals surface area contributed by atoms with E-state index in [-0.39, 0.29) is 0 Å². The van der Waals surface area contributed by atoms with Crippen LogP contribution in [0.2, 0.25) is 0 Å². The molecule has 0 aliphatic rings. The van der Waals surface area contributed by atoms with Crippen LogP contribution >= 0.6 is 61.5 Å². The van der Waals surface area contributed by atoms with Crippen molar-refractivity contribution in [2.45, 2.75) is 5.88 Å². The van der Waals surface area contributed by atoms with E-state index < -0.39 is 0 Å². The van der Waals surface area contributed by atoms with Crippen molar-refractivity contribution in [2.75, 3.05) is 0 Å². The number of benzene rings is 1. The van der Waals surface area contributed by atoms with Gasteiger partial charge in [0.1, 0.15) is 0 Å². The minimum absolute atomic E-state index is 0.570. The van der Waals surface area contributed by atoms with Crippen molar-refractivity contribution in [1.82, 2.24) is 0 Å². The standard InChI is InChI=1S/C9H5BrClIS/c10-9-5(4-11)8-6(12)2-1-3-7(8)13-9/h1-3H,4H2. The Morgan fingerprint density at radius 1 is 1.46 bits per heavy atom. The number of thiophene rings is 1. The molecule has 0 spiro atoms. The highest BCUT2D eigenvalue weighted by Crippen LogP contribution is 2.38. The normalized spacial score (nSPS) is 11.0. The van der Waals surface area contributed by atoms with Crippen LogP contribution in [0.4, 0.5) is 0 Å². The molecular formula is C9H5BrClIS. The molecule has 0 fully saturated rings. The first-order valence-electron chi connectivity index (χ1n) is 3.65. The molecule has 0 aliphatic heterocycles. The molecule has 2 aromatic rings. The molecule has 4 heteroatoms. The lowest BCUT2D eigenvalue weighted by Crippen LogP contribution is -1.78. The lowest BCUT2D eigenvalue weighted by atomic mass is 10.2. The lowest BCUT2D eigenvalue weighted by molar-refractivity contribution is 1.47. The second kappa shape index (κ2) is 4.04. The van der Waals surface area contributed by atoms with Crippen molar-refractivity contribution in [3.05, 3.63) is 31.1 Å². The highest BCUT2D eigenvalue weighted by Gasteiger charge is 2.10. The Morgan fingerprint density at radius 3 is 2.92 bits per heavy atom. The van der Waals surface area contributed by atoms with Crippen LogP contribution in [0, 0.1) is 3.57 Å². The molecule has 1 heterocycles. The van der Waals surface area contributed by atoms with Crippen molar-refractivity contribution in [1.29, 1.82) is 0 Å². The van der Waals surface area contributed by atoms with Crippen LogP contribution in [0.1, 0.15) is 5.56 Å². The van der Waals surface area contributed by atoms with Crippen LogP contribution in [0.3, 0.4) is 0 Å². The van der Waals surface area contributed by atoms with Crippen molar-refractivity contribution in [3.63, 3.8) is 0 Å². The second-order valence-corrected chi connectivity index (χ2v) is 6.40. The number of alkyl halides is 1. The van der Waals surface area contributed by atoms with Gasteiger partial charge in [0.2, 0.25) is 0 Å². The third-order valence-corrected chi connectivity index (χ3v) is 4.96. The Balaban J connectivity index is 2.88. The van der Waals surface area contributed by atoms with Gasteiger partial charge in [0, 0.05) is 25.1 Å². The highest BCUT2D eigenvalue weighted by molar-refractivity contribution is 14.1. The van der Waals surface area contributed by atoms with E-state index in [0.29, 0.717) is 5.88 Å². The molecule has 0 aliphatic carbocycles. The van der Waals surface area contributed by atoms with Gasteiger partial charge in [0.15, 0.2) is 0 Å². The third-order valence-electron chi connectivity index (χ3n) is 1.85. The van der Waals surface area contributed by atoms with Gasteiger partial charge in [-0.1, -0.05) is 6.07 Å². The fourth-order valence-corrected chi connectivity index (χ4v) is 4.61. The molecule has 1 aromatic carbocycles. The maximum atomic E-state index is 5.90. The third kappa shape index (κ3) is 1.76. The average molecular weight is 387 g/mol. The molecule has 68 valence electrons. The maximum Gasteiger partial charge on any atom is 0.0755 e. The van der Waals surface area contributed by atoms with E-state index in [1.54, 1.807) is 11.3 Å². The number of fused-ring (bicyclic) bond motifs is 1. The summed E-state index contributed by atoms with van der Waals surface area (Å²) in [5.41, 5.74) is 1.21. The molecule has 0 radical (unpaired) electrons. The van der Waals surface area contributed by atoms with E-state index in [2.05, 4.69) is 56.7 Å². The summed E-state index contributed by atoms with van der Waals surface area (Å²) >= 11 is 13.5. The van der Waals surface area contributed by atoms with Crippen molar-refractivity contribution >= 4 is 71.5 Å². The van der Waals surface area contributed by atoms with Gasteiger partial charge in [-0.15, -0.1) is 22.9 Å². The largest absolute Gasteiger partial charge is 0.128 e. The zero-order chi connectivity index (χ0) is 9.42. The highest BCUT2D eigenvalue weighted by atomic mass is 127. The monoisotopic (exact) mass is 386 g/mol. The molecule has 0 amide bonds. The van der Waals surface area contributed by atoms with Gasteiger partial charge in [-0.25, -0.2) is 0 Å². The van der Waals surface area contributed by atoms with E-state index in [1.807, 2.05) is 0 Å². The van der Waals surface area contributed by atoms with E-state index in [4.69, 9.17) is 11.6 Å². The summed E-state index contributed by atoms with van der Waals surface area (Å²) in [6, 6.07) is 6.31. The molecule has 0 atom stereocenters. The van der Waals surface area contributed by atoms with Gasteiger partial charge >= 0.3 is 0 Å². The topological polar surface area (TPSA) is 0 Å². The SMILES string of the molecule is ClCc1c(Br)sc2cccc(I)c12. The molecule has 0 bridgehead atoms. The van der Waals surface area contributed by atoms with Crippen LogP contribution in [0.5, 0.6) is 0 Å². The average Bonchev–Trinajstić information content (AvgIpc) is 2.42. The van der Waals surface area contributed by atoms with Crippen molar-refractivity contribution < 1.29 is 0 Å². The smallest absolute Gasteiger partial charge is 0.0755 e. The summed E-state index contributed by atoms with van der Waals surface area (Å²) in [5, 5.41) is 1.30. The van der Waals surface area contributed by atoms with Gasteiger partial charge in [0.05, 0.1) is 3.79 Å². The number of hydrogen-bond donors (Lipinski definition) is 0. The summed E-state index contributed by atoms with van der Waals surface area (Å²) in [6.45, 7) is 0. The molecule has 1 aromatic heterocycles. The number of rotatable bonds is 1. The van der Waals surface area contributed by atoms with Crippen LogP contribution in [0.15, 0.2) is 22.0 Å². The molecule has 2 rings (SSSR count). The van der Waals surface area contributed by atoms with Gasteiger partial charge in [0.25, 0.3) is 0 Å². The van der Waals surface area contributed by atoms with Crippen molar-refractivity contribution in [2.24, 2.45) is 0 Å². The Kier molecular flexibility index (Phi) is 3.18. The van der Waals surface area contributed by atoms with Gasteiger partial charge < -0.3 is 0 Å². The summed E-state index contributed by atoms with van der Waals surface area (Å²) in [6.07, 6.45) is 0. The minimum atomic E-state index is 0.570. The zero-order valence-electron chi connectivity index (χ0n) is 6.48. The molecule has 13 heavy (non-hydrogen) atoms. The predicted molar refractivity (Wildman–Crippen MR) is 71.8 cm³/mol. The summed E-state index contributed by atoms with van der Waals surface area (Å²) in [4.78, 5) is 0. The Morgan fingerprint density at radius 2 is 2.23 bits per heavy atom. The Labute approximate surface area is 108 Å². The van der Waals surface area contributed by atoms with E-state index in [0.717, 1.165) is 3.79 Å². The Hall–Kier alpha value is 0.680. The van der Waals surface area contributed by atoms with Gasteiger partial charge in [-0.2, -0.15) is 0 Å². The summed E-state index contributed by atoms with van der Waals surface area (Å²) in [5.74, 6) is 0.570. The second-order valence-electron chi connectivity index (χ2n) is 2.60. The quantitative estimate of drug-likeness (QED) is 0.477. The lowest BCUT2D eigenvalue weighted by Gasteiger charge is -1.96. The van der Waals surface area contributed by atoms with Crippen LogP contribution in [-0.4, -0.2) is 0 Å². The number of halogens is 3. The first-order chi connectivity index (χ1) is 6.24. The molecule has 0 saturated heterocycles. The summed E-state index contributed by atoms with van der Waals surface area (Å²) in [7, 11) is 0. The summed E-state index contributed by atoms with van der Waals surface area (Å²) < 4.78 is 3.73. The maximum absolute atomic E-state index is 5.90. The van der Waals surface area contributed by atoms with Crippen molar-refractivity contribution in [3.8, 4) is 0 Å². The fourth-order valence-electron chi connectivity index (χ4n) is 1.26. The van der Waals surface area contributed by atoms with E-state index in [1.165, 1.54) is 19.2 Å². The molecule has 0 saturated carbocycles. The van der Waals surface area contributed by atoms with Crippen LogP contribution < -0.4 is 0 Å². The minimum Gasteiger partial charge on any atom is -0.128 e. The predicted octanol–water partition coefficient (Wildman–Crippen LogP) is 5.01. The van der Waals surface area contributed by atoms with Crippen LogP contribution in [0.25, 0.3) is 10.1 Å². The molecule has 0 unspecified atom stereocenters. The van der Waals surface area contributed by atoms with Crippen LogP contribution in [-0.2, 0) is 5.88 Å². The van der Waals surface area contributed by atoms with Gasteiger partial charge in [-0.3, -0.25) is 0 Å². The van der Waals surface area contributed by atoms with E-state index >= 15 is 0 Å². The molecule has 0 nitrogen and oxygen atoms in total. The first kappa shape index (κ1) is 10.2. The fraction of sp³-hybridized carbons (Fsp3) is 0.111. The molecule has 0 N–H and O–H groups in total. The molecular weight excluding hydrogens is 382 g/mol.